The number of aromatic nitrogens is 2. The highest BCUT2D eigenvalue weighted by Crippen LogP contribution is 2.17. The van der Waals surface area contributed by atoms with Crippen LogP contribution >= 0.6 is 0 Å². The van der Waals surface area contributed by atoms with Gasteiger partial charge in [0.15, 0.2) is 0 Å². The third-order valence-corrected chi connectivity index (χ3v) is 3.51. The van der Waals surface area contributed by atoms with Gasteiger partial charge in [-0.1, -0.05) is 0 Å². The largest absolute Gasteiger partial charge is 0.478 e. The van der Waals surface area contributed by atoms with Gasteiger partial charge in [-0.2, -0.15) is 0 Å². The van der Waals surface area contributed by atoms with Crippen molar-refractivity contribution in [3.8, 4) is 5.88 Å². The lowest BCUT2D eigenvalue weighted by Gasteiger charge is -2.22. The summed E-state index contributed by atoms with van der Waals surface area (Å²) in [4.78, 5) is 13.3. The van der Waals surface area contributed by atoms with Crippen molar-refractivity contribution in [3.05, 3.63) is 12.4 Å². The molecular weight excluding hydrogens is 254 g/mol. The Bertz CT molecular complexity index is 401. The maximum absolute atomic E-state index is 5.58. The number of anilines is 1. The molecule has 112 valence electrons. The second kappa shape index (κ2) is 8.01. The fourth-order valence-corrected chi connectivity index (χ4v) is 2.47. The maximum Gasteiger partial charge on any atom is 0.218 e. The molecule has 1 aromatic heterocycles. The van der Waals surface area contributed by atoms with E-state index in [0.29, 0.717) is 12.5 Å². The smallest absolute Gasteiger partial charge is 0.218 e. The second-order valence-electron chi connectivity index (χ2n) is 4.97. The van der Waals surface area contributed by atoms with E-state index in [0.717, 1.165) is 57.9 Å². The topological polar surface area (TPSA) is 67.5 Å². The molecule has 1 fully saturated rings. The van der Waals surface area contributed by atoms with Gasteiger partial charge in [-0.3, -0.25) is 0 Å². The van der Waals surface area contributed by atoms with Gasteiger partial charge < -0.3 is 20.3 Å². The van der Waals surface area contributed by atoms with Crippen molar-refractivity contribution < 1.29 is 4.74 Å². The van der Waals surface area contributed by atoms with Gasteiger partial charge >= 0.3 is 0 Å². The summed E-state index contributed by atoms with van der Waals surface area (Å²) in [5.74, 6) is 1.62. The van der Waals surface area contributed by atoms with E-state index >= 15 is 0 Å². The average molecular weight is 279 g/mol. The first kappa shape index (κ1) is 15.0. The molecule has 1 saturated heterocycles. The van der Waals surface area contributed by atoms with Gasteiger partial charge in [-0.15, -0.1) is 0 Å². The Balaban J connectivity index is 1.94. The summed E-state index contributed by atoms with van der Waals surface area (Å²) < 4.78 is 5.44. The molecular formula is C14H25N5O. The van der Waals surface area contributed by atoms with E-state index in [-0.39, 0.29) is 0 Å². The highest BCUT2D eigenvalue weighted by atomic mass is 16.5. The van der Waals surface area contributed by atoms with Crippen LogP contribution in [0.15, 0.2) is 12.4 Å². The Morgan fingerprint density at radius 2 is 2.15 bits per heavy atom. The molecule has 6 heteroatoms. The van der Waals surface area contributed by atoms with Crippen molar-refractivity contribution in [3.63, 3.8) is 0 Å². The molecule has 0 unspecified atom stereocenters. The van der Waals surface area contributed by atoms with Gasteiger partial charge in [-0.05, 0) is 39.4 Å². The number of hydrogen-bond donors (Lipinski definition) is 1. The molecule has 6 nitrogen and oxygen atoms in total. The Morgan fingerprint density at radius 1 is 1.25 bits per heavy atom. The molecule has 0 aromatic carbocycles. The van der Waals surface area contributed by atoms with Crippen LogP contribution in [0.1, 0.15) is 19.8 Å². The van der Waals surface area contributed by atoms with Gasteiger partial charge in [-0.25, -0.2) is 9.97 Å². The number of nitrogens with two attached hydrogens (primary N) is 1. The Labute approximate surface area is 120 Å². The van der Waals surface area contributed by atoms with Crippen molar-refractivity contribution in [2.45, 2.75) is 19.8 Å². The van der Waals surface area contributed by atoms with Crippen molar-refractivity contribution in [1.29, 1.82) is 0 Å². The number of rotatable bonds is 6. The van der Waals surface area contributed by atoms with Crippen LogP contribution < -0.4 is 15.4 Å². The summed E-state index contributed by atoms with van der Waals surface area (Å²) in [7, 11) is 0. The van der Waals surface area contributed by atoms with Gasteiger partial charge in [0.05, 0.1) is 6.61 Å². The zero-order valence-corrected chi connectivity index (χ0v) is 12.3. The average Bonchev–Trinajstić information content (AvgIpc) is 2.71. The number of hydrogen-bond acceptors (Lipinski definition) is 6. The van der Waals surface area contributed by atoms with E-state index in [1.807, 2.05) is 13.0 Å². The molecule has 0 bridgehead atoms. The van der Waals surface area contributed by atoms with Crippen molar-refractivity contribution >= 4 is 5.82 Å². The van der Waals surface area contributed by atoms with Crippen molar-refractivity contribution in [1.82, 2.24) is 14.9 Å². The van der Waals surface area contributed by atoms with Crippen LogP contribution in [0.25, 0.3) is 0 Å². The van der Waals surface area contributed by atoms with E-state index in [4.69, 9.17) is 10.5 Å². The third-order valence-electron chi connectivity index (χ3n) is 3.51. The zero-order valence-electron chi connectivity index (χ0n) is 12.3. The second-order valence-corrected chi connectivity index (χ2v) is 4.97. The van der Waals surface area contributed by atoms with E-state index in [1.54, 1.807) is 6.33 Å². The molecule has 2 N–H and O–H groups in total. The van der Waals surface area contributed by atoms with Crippen molar-refractivity contribution in [2.75, 3.05) is 50.8 Å². The molecule has 0 radical (unpaired) electrons. The molecule has 2 rings (SSSR count). The summed E-state index contributed by atoms with van der Waals surface area (Å²) in [6, 6.07) is 1.93. The molecule has 20 heavy (non-hydrogen) atoms. The van der Waals surface area contributed by atoms with E-state index < -0.39 is 0 Å². The van der Waals surface area contributed by atoms with Crippen LogP contribution in [-0.2, 0) is 0 Å². The van der Waals surface area contributed by atoms with E-state index in [9.17, 15) is 0 Å². The predicted molar refractivity (Wildman–Crippen MR) is 80.1 cm³/mol. The lowest BCUT2D eigenvalue weighted by Crippen LogP contribution is -2.32. The molecule has 0 spiro atoms. The maximum atomic E-state index is 5.58. The van der Waals surface area contributed by atoms with Crippen molar-refractivity contribution in [2.24, 2.45) is 5.73 Å². The molecule has 1 aromatic rings. The fraction of sp³-hybridized carbons (Fsp3) is 0.714. The van der Waals surface area contributed by atoms with Crippen LogP contribution in [-0.4, -0.2) is 60.7 Å². The Hall–Kier alpha value is -1.40. The minimum Gasteiger partial charge on any atom is -0.478 e. The highest BCUT2D eigenvalue weighted by Gasteiger charge is 2.16. The first-order chi connectivity index (χ1) is 9.83. The Kier molecular flexibility index (Phi) is 6.01. The van der Waals surface area contributed by atoms with Crippen LogP contribution in [0.2, 0.25) is 0 Å². The van der Waals surface area contributed by atoms with E-state index in [1.165, 1.54) is 0 Å². The monoisotopic (exact) mass is 279 g/mol. The van der Waals surface area contributed by atoms with Gasteiger partial charge in [0, 0.05) is 25.7 Å². The molecule has 0 saturated carbocycles. The van der Waals surface area contributed by atoms with Crippen LogP contribution in [0, 0.1) is 0 Å². The molecule has 0 aliphatic carbocycles. The molecule has 0 atom stereocenters. The lowest BCUT2D eigenvalue weighted by atomic mass is 10.3. The Morgan fingerprint density at radius 3 is 2.95 bits per heavy atom. The van der Waals surface area contributed by atoms with Crippen LogP contribution in [0.3, 0.4) is 0 Å². The molecule has 1 aliphatic rings. The SMILES string of the molecule is CCOc1cc(N2CCCN(CCCN)CC2)ncn1. The minimum atomic E-state index is 0.628. The third kappa shape index (κ3) is 4.31. The van der Waals surface area contributed by atoms with Gasteiger partial charge in [0.2, 0.25) is 5.88 Å². The summed E-state index contributed by atoms with van der Waals surface area (Å²) in [5.41, 5.74) is 5.58. The quantitative estimate of drug-likeness (QED) is 0.828. The fourth-order valence-electron chi connectivity index (χ4n) is 2.47. The standard InChI is InChI=1S/C14H25N5O/c1-2-20-14-11-13(16-12-17-14)19-8-4-7-18(9-10-19)6-3-5-15/h11-12H,2-10,15H2,1H3. The lowest BCUT2D eigenvalue weighted by molar-refractivity contribution is 0.291. The molecule has 2 heterocycles. The van der Waals surface area contributed by atoms with E-state index in [2.05, 4.69) is 19.8 Å². The van der Waals surface area contributed by atoms with Crippen LogP contribution in [0.5, 0.6) is 5.88 Å². The summed E-state index contributed by atoms with van der Waals surface area (Å²) in [5, 5.41) is 0. The summed E-state index contributed by atoms with van der Waals surface area (Å²) >= 11 is 0. The summed E-state index contributed by atoms with van der Waals surface area (Å²) in [6.07, 6.45) is 3.80. The number of nitrogens with zero attached hydrogens (tertiary/aromatic N) is 4. The minimum absolute atomic E-state index is 0.628. The normalized spacial score (nSPS) is 17.0. The predicted octanol–water partition coefficient (Wildman–Crippen LogP) is 0.736. The zero-order chi connectivity index (χ0) is 14.2. The molecule has 1 aliphatic heterocycles. The first-order valence-corrected chi connectivity index (χ1v) is 7.45. The number of ether oxygens (including phenoxy) is 1. The highest BCUT2D eigenvalue weighted by molar-refractivity contribution is 5.40. The first-order valence-electron chi connectivity index (χ1n) is 7.45. The molecule has 0 amide bonds. The summed E-state index contributed by atoms with van der Waals surface area (Å²) in [6.45, 7) is 8.68. The van der Waals surface area contributed by atoms with Gasteiger partial charge in [0.25, 0.3) is 0 Å². The van der Waals surface area contributed by atoms with Crippen LogP contribution in [0.4, 0.5) is 5.82 Å². The van der Waals surface area contributed by atoms with Gasteiger partial charge in [0.1, 0.15) is 12.1 Å².